The van der Waals surface area contributed by atoms with E-state index < -0.39 is 0 Å². The number of nitrogens with one attached hydrogen (secondary N) is 1. The van der Waals surface area contributed by atoms with Gasteiger partial charge in [0.05, 0.1) is 5.69 Å². The molecule has 3 aromatic rings. The van der Waals surface area contributed by atoms with Crippen molar-refractivity contribution in [3.63, 3.8) is 0 Å². The second kappa shape index (κ2) is 7.84. The zero-order valence-corrected chi connectivity index (χ0v) is 16.2. The summed E-state index contributed by atoms with van der Waals surface area (Å²) in [5.41, 5.74) is 4.10. The standard InChI is InChI=1S/C22H24FN5/c1-16-13-17(2)15-18(14-16)25-21-7-8-24-22(26-21)28-11-9-27(10-12-28)20-6-4-3-5-19(20)23/h3-8,13-15H,9-12H2,1-2H3,(H,24,25,26). The Balaban J connectivity index is 1.44. The minimum absolute atomic E-state index is 0.174. The van der Waals surface area contributed by atoms with Gasteiger partial charge in [-0.1, -0.05) is 18.2 Å². The lowest BCUT2D eigenvalue weighted by molar-refractivity contribution is 0.594. The number of rotatable bonds is 4. The van der Waals surface area contributed by atoms with E-state index in [2.05, 4.69) is 57.1 Å². The number of nitrogens with zero attached hydrogens (tertiary/aromatic N) is 4. The summed E-state index contributed by atoms with van der Waals surface area (Å²) in [5.74, 6) is 1.29. The van der Waals surface area contributed by atoms with Crippen molar-refractivity contribution >= 4 is 23.1 Å². The van der Waals surface area contributed by atoms with Crippen molar-refractivity contribution in [2.75, 3.05) is 41.3 Å². The molecule has 1 saturated heterocycles. The molecule has 1 fully saturated rings. The number of hydrogen-bond donors (Lipinski definition) is 1. The lowest BCUT2D eigenvalue weighted by Gasteiger charge is -2.36. The van der Waals surface area contributed by atoms with E-state index in [0.717, 1.165) is 37.7 Å². The molecule has 1 aromatic heterocycles. The molecule has 4 rings (SSSR count). The van der Waals surface area contributed by atoms with Crippen molar-refractivity contribution in [1.82, 2.24) is 9.97 Å². The average Bonchev–Trinajstić information content (AvgIpc) is 2.68. The van der Waals surface area contributed by atoms with Gasteiger partial charge in [-0.25, -0.2) is 9.37 Å². The molecule has 1 aliphatic heterocycles. The summed E-state index contributed by atoms with van der Waals surface area (Å²) in [6.07, 6.45) is 1.77. The lowest BCUT2D eigenvalue weighted by Crippen LogP contribution is -2.47. The number of benzene rings is 2. The molecule has 144 valence electrons. The SMILES string of the molecule is Cc1cc(C)cc(Nc2ccnc(N3CCN(c4ccccc4F)CC3)n2)c1. The number of hydrogen-bond acceptors (Lipinski definition) is 5. The van der Waals surface area contributed by atoms with Crippen LogP contribution in [0.3, 0.4) is 0 Å². The molecule has 5 nitrogen and oxygen atoms in total. The van der Waals surface area contributed by atoms with E-state index in [1.165, 1.54) is 17.2 Å². The predicted octanol–water partition coefficient (Wildman–Crippen LogP) is 4.30. The molecule has 0 atom stereocenters. The van der Waals surface area contributed by atoms with Crippen molar-refractivity contribution in [1.29, 1.82) is 0 Å². The third-order valence-electron chi connectivity index (χ3n) is 4.89. The van der Waals surface area contributed by atoms with Crippen LogP contribution >= 0.6 is 0 Å². The second-order valence-electron chi connectivity index (χ2n) is 7.17. The van der Waals surface area contributed by atoms with Crippen LogP contribution in [-0.2, 0) is 0 Å². The summed E-state index contributed by atoms with van der Waals surface area (Å²) in [5, 5.41) is 3.37. The Bertz CT molecular complexity index is 946. The molecule has 0 spiro atoms. The zero-order valence-electron chi connectivity index (χ0n) is 16.2. The van der Waals surface area contributed by atoms with Gasteiger partial charge in [-0.05, 0) is 55.3 Å². The van der Waals surface area contributed by atoms with E-state index in [1.807, 2.05) is 18.2 Å². The van der Waals surface area contributed by atoms with Crippen LogP contribution in [-0.4, -0.2) is 36.1 Å². The highest BCUT2D eigenvalue weighted by Gasteiger charge is 2.21. The van der Waals surface area contributed by atoms with E-state index >= 15 is 0 Å². The highest BCUT2D eigenvalue weighted by molar-refractivity contribution is 5.59. The van der Waals surface area contributed by atoms with E-state index in [0.29, 0.717) is 11.6 Å². The monoisotopic (exact) mass is 377 g/mol. The fourth-order valence-electron chi connectivity index (χ4n) is 3.62. The van der Waals surface area contributed by atoms with Gasteiger partial charge in [0.15, 0.2) is 0 Å². The minimum atomic E-state index is -0.174. The fraction of sp³-hybridized carbons (Fsp3) is 0.273. The predicted molar refractivity (Wildman–Crippen MR) is 112 cm³/mol. The van der Waals surface area contributed by atoms with Gasteiger partial charge in [0.1, 0.15) is 11.6 Å². The quantitative estimate of drug-likeness (QED) is 0.734. The van der Waals surface area contributed by atoms with Crippen LogP contribution < -0.4 is 15.1 Å². The summed E-state index contributed by atoms with van der Waals surface area (Å²) in [7, 11) is 0. The maximum Gasteiger partial charge on any atom is 0.227 e. The van der Waals surface area contributed by atoms with Crippen LogP contribution in [0.5, 0.6) is 0 Å². The van der Waals surface area contributed by atoms with Crippen LogP contribution in [0.2, 0.25) is 0 Å². The van der Waals surface area contributed by atoms with E-state index in [-0.39, 0.29) is 5.82 Å². The smallest absolute Gasteiger partial charge is 0.227 e. The third kappa shape index (κ3) is 4.06. The Kier molecular flexibility index (Phi) is 5.10. The molecular weight excluding hydrogens is 353 g/mol. The number of aryl methyl sites for hydroxylation is 2. The highest BCUT2D eigenvalue weighted by Crippen LogP contribution is 2.23. The van der Waals surface area contributed by atoms with Gasteiger partial charge < -0.3 is 15.1 Å². The molecule has 1 aliphatic rings. The molecule has 28 heavy (non-hydrogen) atoms. The first-order valence-corrected chi connectivity index (χ1v) is 9.51. The van der Waals surface area contributed by atoms with Crippen molar-refractivity contribution in [2.45, 2.75) is 13.8 Å². The summed E-state index contributed by atoms with van der Waals surface area (Å²) in [6.45, 7) is 7.14. The maximum absolute atomic E-state index is 14.0. The van der Waals surface area contributed by atoms with Crippen molar-refractivity contribution in [3.05, 3.63) is 71.7 Å². The van der Waals surface area contributed by atoms with Gasteiger partial charge in [0, 0.05) is 38.1 Å². The molecule has 1 N–H and O–H groups in total. The van der Waals surface area contributed by atoms with Crippen LogP contribution in [0.15, 0.2) is 54.7 Å². The normalized spacial score (nSPS) is 14.2. The summed E-state index contributed by atoms with van der Waals surface area (Å²) in [4.78, 5) is 13.3. The Morgan fingerprint density at radius 3 is 2.29 bits per heavy atom. The van der Waals surface area contributed by atoms with Crippen molar-refractivity contribution in [2.24, 2.45) is 0 Å². The Labute approximate surface area is 164 Å². The molecular formula is C22H24FN5. The first-order valence-electron chi connectivity index (χ1n) is 9.51. The molecule has 0 unspecified atom stereocenters. The summed E-state index contributed by atoms with van der Waals surface area (Å²) < 4.78 is 14.0. The number of piperazine rings is 1. The molecule has 6 heteroatoms. The van der Waals surface area contributed by atoms with Gasteiger partial charge in [-0.15, -0.1) is 0 Å². The van der Waals surface area contributed by atoms with Gasteiger partial charge >= 0.3 is 0 Å². The molecule has 0 radical (unpaired) electrons. The number of anilines is 4. The van der Waals surface area contributed by atoms with Gasteiger partial charge in [-0.3, -0.25) is 0 Å². The number of para-hydroxylation sites is 1. The summed E-state index contributed by atoms with van der Waals surface area (Å²) >= 11 is 0. The number of aromatic nitrogens is 2. The van der Waals surface area contributed by atoms with E-state index in [4.69, 9.17) is 0 Å². The second-order valence-corrected chi connectivity index (χ2v) is 7.17. The van der Waals surface area contributed by atoms with Crippen molar-refractivity contribution in [3.8, 4) is 0 Å². The number of halogens is 1. The van der Waals surface area contributed by atoms with E-state index in [1.54, 1.807) is 12.3 Å². The average molecular weight is 377 g/mol. The molecule has 2 aromatic carbocycles. The van der Waals surface area contributed by atoms with Crippen molar-refractivity contribution < 1.29 is 4.39 Å². The van der Waals surface area contributed by atoms with Gasteiger partial charge in [0.25, 0.3) is 0 Å². The van der Waals surface area contributed by atoms with Crippen LogP contribution in [0.1, 0.15) is 11.1 Å². The molecule has 0 saturated carbocycles. The van der Waals surface area contributed by atoms with Gasteiger partial charge in [-0.2, -0.15) is 4.98 Å². The van der Waals surface area contributed by atoms with Crippen LogP contribution in [0, 0.1) is 19.7 Å². The fourth-order valence-corrected chi connectivity index (χ4v) is 3.62. The minimum Gasteiger partial charge on any atom is -0.366 e. The maximum atomic E-state index is 14.0. The van der Waals surface area contributed by atoms with Gasteiger partial charge in [0.2, 0.25) is 5.95 Å². The molecule has 2 heterocycles. The lowest BCUT2D eigenvalue weighted by atomic mass is 10.1. The Morgan fingerprint density at radius 1 is 0.893 bits per heavy atom. The molecule has 0 aliphatic carbocycles. The molecule has 0 amide bonds. The molecule has 0 bridgehead atoms. The summed E-state index contributed by atoms with van der Waals surface area (Å²) in [6, 6.07) is 15.1. The van der Waals surface area contributed by atoms with Crippen LogP contribution in [0.25, 0.3) is 0 Å². The van der Waals surface area contributed by atoms with Crippen LogP contribution in [0.4, 0.5) is 27.5 Å². The highest BCUT2D eigenvalue weighted by atomic mass is 19.1. The third-order valence-corrected chi connectivity index (χ3v) is 4.89. The Hall–Kier alpha value is -3.15. The van der Waals surface area contributed by atoms with E-state index in [9.17, 15) is 4.39 Å². The first-order chi connectivity index (χ1) is 13.6. The first kappa shape index (κ1) is 18.2. The largest absolute Gasteiger partial charge is 0.366 e. The Morgan fingerprint density at radius 2 is 1.57 bits per heavy atom. The topological polar surface area (TPSA) is 44.3 Å². The zero-order chi connectivity index (χ0) is 19.5.